The van der Waals surface area contributed by atoms with Gasteiger partial charge in [-0.05, 0) is 30.9 Å². The van der Waals surface area contributed by atoms with Gasteiger partial charge in [-0.25, -0.2) is 14.3 Å². The van der Waals surface area contributed by atoms with Crippen LogP contribution in [-0.4, -0.2) is 70.2 Å². The van der Waals surface area contributed by atoms with Crippen molar-refractivity contribution in [2.75, 3.05) is 39.8 Å². The average molecular weight is 349 g/mol. The lowest BCUT2D eigenvalue weighted by molar-refractivity contribution is 0.202. The highest BCUT2D eigenvalue weighted by Gasteiger charge is 2.40. The lowest BCUT2D eigenvalue weighted by Gasteiger charge is -2.19. The molecule has 0 unspecified atom stereocenters. The van der Waals surface area contributed by atoms with E-state index in [4.69, 9.17) is 11.6 Å². The van der Waals surface area contributed by atoms with Gasteiger partial charge in [-0.15, -0.1) is 0 Å². The van der Waals surface area contributed by atoms with Gasteiger partial charge in [0.1, 0.15) is 5.02 Å². The quantitative estimate of drug-likeness (QED) is 0.903. The molecule has 24 heavy (non-hydrogen) atoms. The largest absolute Gasteiger partial charge is 0.338 e. The minimum Gasteiger partial charge on any atom is -0.338 e. The molecule has 0 saturated carbocycles. The van der Waals surface area contributed by atoms with Crippen LogP contribution >= 0.6 is 11.6 Å². The van der Waals surface area contributed by atoms with Crippen molar-refractivity contribution in [3.63, 3.8) is 0 Å². The summed E-state index contributed by atoms with van der Waals surface area (Å²) in [6, 6.07) is 0.0447. The highest BCUT2D eigenvalue weighted by Crippen LogP contribution is 2.29. The first-order valence-corrected chi connectivity index (χ1v) is 8.67. The van der Waals surface area contributed by atoms with Crippen LogP contribution in [0, 0.1) is 11.8 Å². The number of aromatic nitrogens is 3. The molecule has 2 fully saturated rings. The molecule has 2 saturated heterocycles. The van der Waals surface area contributed by atoms with Crippen molar-refractivity contribution in [3.05, 3.63) is 29.2 Å². The van der Waals surface area contributed by atoms with Gasteiger partial charge >= 0.3 is 6.03 Å². The molecule has 2 aromatic rings. The summed E-state index contributed by atoms with van der Waals surface area (Å²) >= 11 is 5.98. The maximum atomic E-state index is 12.3. The summed E-state index contributed by atoms with van der Waals surface area (Å²) < 4.78 is 1.66. The predicted octanol–water partition coefficient (Wildman–Crippen LogP) is 1.13. The molecule has 2 aliphatic heterocycles. The Hall–Kier alpha value is -1.86. The summed E-state index contributed by atoms with van der Waals surface area (Å²) in [5.74, 6) is 1.27. The maximum absolute atomic E-state index is 12.3. The Bertz CT molecular complexity index is 748. The van der Waals surface area contributed by atoms with Crippen LogP contribution in [0.4, 0.5) is 4.79 Å². The molecular weight excluding hydrogens is 328 g/mol. The van der Waals surface area contributed by atoms with Crippen LogP contribution < -0.4 is 5.32 Å². The van der Waals surface area contributed by atoms with Gasteiger partial charge in [-0.2, -0.15) is 5.10 Å². The predicted molar refractivity (Wildman–Crippen MR) is 91.1 cm³/mol. The van der Waals surface area contributed by atoms with Gasteiger partial charge in [0.2, 0.25) is 0 Å². The van der Waals surface area contributed by atoms with Gasteiger partial charge in [-0.3, -0.25) is 0 Å². The second kappa shape index (κ2) is 6.22. The van der Waals surface area contributed by atoms with E-state index in [2.05, 4.69) is 27.3 Å². The van der Waals surface area contributed by atoms with E-state index >= 15 is 0 Å². The van der Waals surface area contributed by atoms with Gasteiger partial charge in [0.15, 0.2) is 5.65 Å². The SMILES string of the molecule is CN1C[C@@H]2CN(C(=O)NCCc3cnc4c(Cl)cnn4c3)C[C@@H]2C1. The Labute approximate surface area is 145 Å². The van der Waals surface area contributed by atoms with Crippen LogP contribution in [0.2, 0.25) is 5.02 Å². The van der Waals surface area contributed by atoms with E-state index in [9.17, 15) is 4.79 Å². The Morgan fingerprint density at radius 2 is 2.04 bits per heavy atom. The smallest absolute Gasteiger partial charge is 0.317 e. The van der Waals surface area contributed by atoms with Crippen molar-refractivity contribution in [2.24, 2.45) is 11.8 Å². The molecule has 0 aliphatic carbocycles. The number of fused-ring (bicyclic) bond motifs is 2. The number of rotatable bonds is 3. The third-order valence-corrected chi connectivity index (χ3v) is 5.28. The Morgan fingerprint density at radius 1 is 1.29 bits per heavy atom. The summed E-state index contributed by atoms with van der Waals surface area (Å²) in [7, 11) is 2.15. The second-order valence-electron chi connectivity index (χ2n) is 6.85. The van der Waals surface area contributed by atoms with E-state index in [1.54, 1.807) is 16.9 Å². The van der Waals surface area contributed by atoms with Gasteiger partial charge < -0.3 is 15.1 Å². The van der Waals surface area contributed by atoms with Crippen LogP contribution in [0.3, 0.4) is 0 Å². The van der Waals surface area contributed by atoms with Crippen molar-refractivity contribution in [3.8, 4) is 0 Å². The number of nitrogens with zero attached hydrogens (tertiary/aromatic N) is 5. The molecule has 1 N–H and O–H groups in total. The van der Waals surface area contributed by atoms with Crippen LogP contribution in [0.15, 0.2) is 18.6 Å². The maximum Gasteiger partial charge on any atom is 0.317 e. The van der Waals surface area contributed by atoms with Crippen molar-refractivity contribution < 1.29 is 4.79 Å². The van der Waals surface area contributed by atoms with E-state index in [0.29, 0.717) is 29.1 Å². The lowest BCUT2D eigenvalue weighted by Crippen LogP contribution is -2.40. The average Bonchev–Trinajstić information content (AvgIpc) is 3.20. The number of carbonyl (C=O) groups is 1. The molecule has 0 spiro atoms. The Balaban J connectivity index is 1.28. The topological polar surface area (TPSA) is 65.8 Å². The lowest BCUT2D eigenvalue weighted by atomic mass is 10.0. The van der Waals surface area contributed by atoms with Crippen LogP contribution in [-0.2, 0) is 6.42 Å². The summed E-state index contributed by atoms with van der Waals surface area (Å²) in [4.78, 5) is 20.9. The molecule has 7 nitrogen and oxygen atoms in total. The van der Waals surface area contributed by atoms with E-state index in [-0.39, 0.29) is 6.03 Å². The summed E-state index contributed by atoms with van der Waals surface area (Å²) in [6.45, 7) is 4.55. The molecule has 2 amide bonds. The zero-order valence-electron chi connectivity index (χ0n) is 13.7. The Morgan fingerprint density at radius 3 is 2.79 bits per heavy atom. The minimum absolute atomic E-state index is 0.0447. The van der Waals surface area contributed by atoms with E-state index < -0.39 is 0 Å². The molecule has 128 valence electrons. The minimum atomic E-state index is 0.0447. The number of nitrogens with one attached hydrogen (secondary N) is 1. The van der Waals surface area contributed by atoms with Crippen LogP contribution in [0.1, 0.15) is 5.56 Å². The molecule has 0 bridgehead atoms. The van der Waals surface area contributed by atoms with Crippen molar-refractivity contribution in [1.29, 1.82) is 0 Å². The van der Waals surface area contributed by atoms with E-state index in [1.807, 2.05) is 11.1 Å². The highest BCUT2D eigenvalue weighted by molar-refractivity contribution is 6.33. The summed E-state index contributed by atoms with van der Waals surface area (Å²) in [5.41, 5.74) is 1.67. The zero-order chi connectivity index (χ0) is 16.7. The Kier molecular flexibility index (Phi) is 4.05. The van der Waals surface area contributed by atoms with Gasteiger partial charge in [0.05, 0.1) is 6.20 Å². The van der Waals surface area contributed by atoms with Gasteiger partial charge in [0.25, 0.3) is 0 Å². The number of amides is 2. The summed E-state index contributed by atoms with van der Waals surface area (Å²) in [6.07, 6.45) is 5.98. The fourth-order valence-corrected chi connectivity index (χ4v) is 4.01. The van der Waals surface area contributed by atoms with Gasteiger partial charge in [-0.1, -0.05) is 11.6 Å². The molecule has 0 radical (unpaired) electrons. The molecule has 4 heterocycles. The first kappa shape index (κ1) is 15.7. The highest BCUT2D eigenvalue weighted by atomic mass is 35.5. The van der Waals surface area contributed by atoms with Crippen molar-refractivity contribution >= 4 is 23.3 Å². The zero-order valence-corrected chi connectivity index (χ0v) is 14.4. The molecule has 2 aliphatic rings. The van der Waals surface area contributed by atoms with Gasteiger partial charge in [0, 0.05) is 45.1 Å². The number of hydrogen-bond acceptors (Lipinski definition) is 4. The first-order chi connectivity index (χ1) is 11.6. The van der Waals surface area contributed by atoms with Crippen LogP contribution in [0.5, 0.6) is 0 Å². The van der Waals surface area contributed by atoms with Crippen molar-refractivity contribution in [1.82, 2.24) is 29.7 Å². The van der Waals surface area contributed by atoms with Crippen molar-refractivity contribution in [2.45, 2.75) is 6.42 Å². The number of hydrogen-bond donors (Lipinski definition) is 1. The van der Waals surface area contributed by atoms with E-state index in [1.165, 1.54) is 0 Å². The van der Waals surface area contributed by atoms with Crippen LogP contribution in [0.25, 0.3) is 5.65 Å². The number of urea groups is 1. The third-order valence-electron chi connectivity index (χ3n) is 5.01. The molecule has 8 heteroatoms. The fourth-order valence-electron chi connectivity index (χ4n) is 3.83. The van der Waals surface area contributed by atoms with E-state index in [0.717, 1.165) is 38.2 Å². The first-order valence-electron chi connectivity index (χ1n) is 8.29. The molecule has 4 rings (SSSR count). The third kappa shape index (κ3) is 2.93. The molecule has 0 aromatic carbocycles. The second-order valence-corrected chi connectivity index (χ2v) is 7.26. The number of likely N-dealkylation sites (tertiary alicyclic amines) is 2. The standard InChI is InChI=1S/C16H21ClN6O/c1-21-7-12-9-22(10-13(12)8-21)16(24)18-3-2-11-4-19-15-14(17)5-20-23(15)6-11/h4-6,12-13H,2-3,7-10H2,1H3,(H,18,24)/t12-,13+. The number of carbonyl (C=O) groups excluding carboxylic acids is 1. The monoisotopic (exact) mass is 348 g/mol. The molecular formula is C16H21ClN6O. The fraction of sp³-hybridized carbons (Fsp3) is 0.562. The molecule has 2 atom stereocenters. The number of halogens is 1. The summed E-state index contributed by atoms with van der Waals surface area (Å²) in [5, 5.41) is 7.70. The molecule has 2 aromatic heterocycles. The normalized spacial score (nSPS) is 23.8.